The van der Waals surface area contributed by atoms with E-state index < -0.39 is 11.9 Å². The Bertz CT molecular complexity index is 1220. The van der Waals surface area contributed by atoms with E-state index in [1.807, 2.05) is 6.07 Å². The summed E-state index contributed by atoms with van der Waals surface area (Å²) in [6.45, 7) is 0. The van der Waals surface area contributed by atoms with Crippen molar-refractivity contribution in [2.24, 2.45) is 0 Å². The van der Waals surface area contributed by atoms with Crippen LogP contribution in [0.15, 0.2) is 79.6 Å². The van der Waals surface area contributed by atoms with Crippen molar-refractivity contribution in [2.45, 2.75) is 5.22 Å². The maximum atomic E-state index is 11.7. The second-order valence-electron chi connectivity index (χ2n) is 5.92. The Balaban J connectivity index is 1.65. The van der Waals surface area contributed by atoms with Crippen LogP contribution in [0.5, 0.6) is 0 Å². The summed E-state index contributed by atoms with van der Waals surface area (Å²) in [6, 6.07) is 16.7. The first-order valence-corrected chi connectivity index (χ1v) is 9.24. The van der Waals surface area contributed by atoms with Gasteiger partial charge in [-0.3, -0.25) is 0 Å². The third kappa shape index (κ3) is 3.92. The molecule has 0 saturated heterocycles. The zero-order chi connectivity index (χ0) is 20.4. The molecule has 0 aliphatic carbocycles. The molecule has 2 heterocycles. The number of carboxylic acids is 2. The lowest BCUT2D eigenvalue weighted by molar-refractivity contribution is -0.131. The van der Waals surface area contributed by atoms with Crippen molar-refractivity contribution in [1.29, 1.82) is 0 Å². The molecule has 0 atom stereocenters. The summed E-state index contributed by atoms with van der Waals surface area (Å²) in [5.74, 6) is -1.65. The van der Waals surface area contributed by atoms with Gasteiger partial charge in [-0.15, -0.1) is 0 Å². The van der Waals surface area contributed by atoms with E-state index in [4.69, 9.17) is 8.83 Å². The Morgan fingerprint density at radius 1 is 0.931 bits per heavy atom. The predicted octanol–water partition coefficient (Wildman–Crippen LogP) is 5.00. The normalized spacial score (nSPS) is 11.7. The molecule has 0 radical (unpaired) electrons. The molecule has 4 aromatic rings. The predicted molar refractivity (Wildman–Crippen MR) is 107 cm³/mol. The Labute approximate surface area is 168 Å². The van der Waals surface area contributed by atoms with Crippen LogP contribution in [0.3, 0.4) is 0 Å². The van der Waals surface area contributed by atoms with Crippen molar-refractivity contribution in [3.63, 3.8) is 0 Å². The highest BCUT2D eigenvalue weighted by molar-refractivity contribution is 8.03. The van der Waals surface area contributed by atoms with Crippen LogP contribution < -0.4 is 0 Å². The van der Waals surface area contributed by atoms with Crippen molar-refractivity contribution in [3.05, 3.63) is 76.9 Å². The third-order valence-corrected chi connectivity index (χ3v) is 4.87. The van der Waals surface area contributed by atoms with Crippen LogP contribution in [0.2, 0.25) is 0 Å². The highest BCUT2D eigenvalue weighted by atomic mass is 32.2. The van der Waals surface area contributed by atoms with Crippen molar-refractivity contribution < 1.29 is 28.6 Å². The average molecular weight is 407 g/mol. The zero-order valence-electron chi connectivity index (χ0n) is 14.7. The maximum absolute atomic E-state index is 11.7. The number of benzene rings is 2. The van der Waals surface area contributed by atoms with Gasteiger partial charge in [0.15, 0.2) is 5.58 Å². The molecule has 0 fully saturated rings. The fourth-order valence-electron chi connectivity index (χ4n) is 2.71. The summed E-state index contributed by atoms with van der Waals surface area (Å²) in [4.78, 5) is 27.3. The lowest BCUT2D eigenvalue weighted by Crippen LogP contribution is -1.98. The molecular weight excluding hydrogens is 394 g/mol. The molecule has 0 aliphatic heterocycles. The molecule has 144 valence electrons. The van der Waals surface area contributed by atoms with Crippen molar-refractivity contribution >= 4 is 40.9 Å². The number of thioether (sulfide) groups is 1. The van der Waals surface area contributed by atoms with E-state index in [0.717, 1.165) is 11.8 Å². The first-order chi connectivity index (χ1) is 14.0. The van der Waals surface area contributed by atoms with E-state index in [1.54, 1.807) is 48.5 Å². The van der Waals surface area contributed by atoms with Crippen LogP contribution in [0.1, 0.15) is 16.1 Å². The van der Waals surface area contributed by atoms with Crippen molar-refractivity contribution in [2.75, 3.05) is 0 Å². The van der Waals surface area contributed by atoms with Crippen LogP contribution in [-0.4, -0.2) is 27.1 Å². The number of hydrogen-bond donors (Lipinski definition) is 2. The van der Waals surface area contributed by atoms with Gasteiger partial charge in [0, 0.05) is 11.6 Å². The fourth-order valence-corrected chi connectivity index (χ4v) is 3.44. The molecule has 8 heteroatoms. The summed E-state index contributed by atoms with van der Waals surface area (Å²) in [6.07, 6.45) is 1.34. The number of carbonyl (C=O) groups is 2. The monoisotopic (exact) mass is 407 g/mol. The number of aliphatic carboxylic acids is 1. The van der Waals surface area contributed by atoms with E-state index >= 15 is 0 Å². The summed E-state index contributed by atoms with van der Waals surface area (Å²) in [5, 5.41) is 19.1. The molecule has 0 unspecified atom stereocenters. The minimum atomic E-state index is -1.17. The van der Waals surface area contributed by atoms with Gasteiger partial charge in [-0.1, -0.05) is 30.3 Å². The molecule has 2 aromatic carbocycles. The quantitative estimate of drug-likeness (QED) is 0.339. The van der Waals surface area contributed by atoms with Crippen LogP contribution in [0, 0.1) is 0 Å². The van der Waals surface area contributed by atoms with Crippen molar-refractivity contribution in [1.82, 2.24) is 4.98 Å². The zero-order valence-corrected chi connectivity index (χ0v) is 15.6. The molecule has 0 amide bonds. The lowest BCUT2D eigenvalue weighted by Gasteiger charge is -2.02. The highest BCUT2D eigenvalue weighted by Gasteiger charge is 2.17. The van der Waals surface area contributed by atoms with Gasteiger partial charge in [0.2, 0.25) is 0 Å². The average Bonchev–Trinajstić information content (AvgIpc) is 3.33. The molecule has 4 rings (SSSR count). The number of nitrogens with zero attached hydrogens (tertiary/aromatic N) is 1. The second-order valence-corrected chi connectivity index (χ2v) is 6.91. The summed E-state index contributed by atoms with van der Waals surface area (Å²) in [5.41, 5.74) is 1.69. The van der Waals surface area contributed by atoms with Gasteiger partial charge in [0.05, 0.1) is 5.56 Å². The SMILES string of the molecule is O=C(O)/C(=C/c1ccc(-c2ccccc2C(=O)O)o1)Sc1nc2ccccc2o1. The van der Waals surface area contributed by atoms with Gasteiger partial charge in [-0.05, 0) is 42.1 Å². The first kappa shape index (κ1) is 18.6. The summed E-state index contributed by atoms with van der Waals surface area (Å²) >= 11 is 0.860. The Morgan fingerprint density at radius 3 is 2.45 bits per heavy atom. The Hall–Kier alpha value is -3.78. The van der Waals surface area contributed by atoms with Gasteiger partial charge in [0.25, 0.3) is 5.22 Å². The summed E-state index contributed by atoms with van der Waals surface area (Å²) < 4.78 is 11.2. The van der Waals surface area contributed by atoms with E-state index in [1.165, 1.54) is 12.1 Å². The Kier molecular flexibility index (Phi) is 4.92. The molecule has 2 aromatic heterocycles. The number of hydrogen-bond acceptors (Lipinski definition) is 6. The van der Waals surface area contributed by atoms with Crippen LogP contribution in [0.4, 0.5) is 0 Å². The smallest absolute Gasteiger partial charge is 0.342 e. The number of aromatic carboxylic acids is 1. The molecule has 2 N–H and O–H groups in total. The van der Waals surface area contributed by atoms with E-state index in [0.29, 0.717) is 22.4 Å². The number of carboxylic acid groups (broad SMARTS) is 2. The standard InChI is InChI=1S/C21H13NO6S/c23-19(24)14-6-2-1-5-13(14)16-10-9-12(27-16)11-18(20(25)26)29-21-22-15-7-3-4-8-17(15)28-21/h1-11H,(H,23,24)(H,25,26)/b18-11-. The van der Waals surface area contributed by atoms with Gasteiger partial charge >= 0.3 is 11.9 Å². The molecule has 0 aliphatic rings. The van der Waals surface area contributed by atoms with E-state index in [-0.39, 0.29) is 21.5 Å². The van der Waals surface area contributed by atoms with Crippen LogP contribution in [-0.2, 0) is 4.79 Å². The van der Waals surface area contributed by atoms with Gasteiger partial charge < -0.3 is 19.0 Å². The molecule has 0 saturated carbocycles. The third-order valence-electron chi connectivity index (χ3n) is 4.01. The van der Waals surface area contributed by atoms with Crippen LogP contribution >= 0.6 is 11.8 Å². The van der Waals surface area contributed by atoms with E-state index in [9.17, 15) is 19.8 Å². The van der Waals surface area contributed by atoms with Gasteiger partial charge in [-0.25, -0.2) is 14.6 Å². The maximum Gasteiger partial charge on any atom is 0.342 e. The molecule has 29 heavy (non-hydrogen) atoms. The molecule has 7 nitrogen and oxygen atoms in total. The molecular formula is C21H13NO6S. The number of aromatic nitrogens is 1. The van der Waals surface area contributed by atoms with Gasteiger partial charge in [-0.2, -0.15) is 0 Å². The lowest BCUT2D eigenvalue weighted by atomic mass is 10.1. The largest absolute Gasteiger partial charge is 0.478 e. The van der Waals surface area contributed by atoms with Crippen molar-refractivity contribution in [3.8, 4) is 11.3 Å². The van der Waals surface area contributed by atoms with Crippen LogP contribution in [0.25, 0.3) is 28.5 Å². The minimum Gasteiger partial charge on any atom is -0.478 e. The van der Waals surface area contributed by atoms with E-state index in [2.05, 4.69) is 4.98 Å². The minimum absolute atomic E-state index is 0.0519. The topological polar surface area (TPSA) is 114 Å². The van der Waals surface area contributed by atoms with Gasteiger partial charge in [0.1, 0.15) is 21.9 Å². The summed E-state index contributed by atoms with van der Waals surface area (Å²) in [7, 11) is 0. The number of rotatable bonds is 6. The number of fused-ring (bicyclic) bond motifs is 1. The number of para-hydroxylation sites is 2. The first-order valence-electron chi connectivity index (χ1n) is 8.42. The molecule has 0 spiro atoms. The molecule has 0 bridgehead atoms. The highest BCUT2D eigenvalue weighted by Crippen LogP contribution is 2.32. The second kappa shape index (κ2) is 7.69. The Morgan fingerprint density at radius 2 is 1.69 bits per heavy atom. The number of furan rings is 1. The fraction of sp³-hybridized carbons (Fsp3) is 0. The number of oxazole rings is 1.